The van der Waals surface area contributed by atoms with Crippen molar-refractivity contribution >= 4 is 0 Å². The molecule has 0 aliphatic rings. The summed E-state index contributed by atoms with van der Waals surface area (Å²) in [4.78, 5) is 0. The lowest BCUT2D eigenvalue weighted by molar-refractivity contribution is 0.0811. The number of rotatable bonds is 19. The van der Waals surface area contributed by atoms with Gasteiger partial charge in [0.25, 0.3) is 0 Å². The van der Waals surface area contributed by atoms with E-state index >= 15 is 0 Å². The van der Waals surface area contributed by atoms with E-state index in [0.717, 1.165) is 12.8 Å². The van der Waals surface area contributed by atoms with Gasteiger partial charge in [0.15, 0.2) is 0 Å². The van der Waals surface area contributed by atoms with Gasteiger partial charge < -0.3 is 15.6 Å². The average molecular weight is 392 g/mol. The van der Waals surface area contributed by atoms with E-state index in [-0.39, 0.29) is 6.04 Å². The lowest BCUT2D eigenvalue weighted by Crippen LogP contribution is -2.35. The highest BCUT2D eigenvalue weighted by Gasteiger charge is 2.14. The first kappa shape index (κ1) is 25.1. The fourth-order valence-electron chi connectivity index (χ4n) is 3.58. The Morgan fingerprint density at radius 3 is 1.89 bits per heavy atom. The van der Waals surface area contributed by atoms with Crippen LogP contribution in [0, 0.1) is 0 Å². The van der Waals surface area contributed by atoms with E-state index in [4.69, 9.17) is 10.5 Å². The molecule has 0 saturated carbocycles. The summed E-state index contributed by atoms with van der Waals surface area (Å²) >= 11 is 0. The Balaban J connectivity index is 1.86. The molecule has 0 unspecified atom stereocenters. The Morgan fingerprint density at radius 1 is 0.786 bits per heavy atom. The molecule has 2 atom stereocenters. The molecule has 1 aromatic carbocycles. The third-order valence-corrected chi connectivity index (χ3v) is 5.55. The average Bonchev–Trinajstić information content (AvgIpc) is 2.72. The van der Waals surface area contributed by atoms with Crippen LogP contribution in [-0.4, -0.2) is 23.9 Å². The number of aliphatic hydroxyl groups is 1. The molecule has 0 amide bonds. The van der Waals surface area contributed by atoms with E-state index in [1.54, 1.807) is 0 Å². The van der Waals surface area contributed by atoms with Gasteiger partial charge >= 0.3 is 0 Å². The van der Waals surface area contributed by atoms with Gasteiger partial charge in [0.2, 0.25) is 0 Å². The van der Waals surface area contributed by atoms with Crippen molar-refractivity contribution in [3.63, 3.8) is 0 Å². The zero-order valence-corrected chi connectivity index (χ0v) is 18.3. The molecule has 1 rings (SSSR count). The molecule has 0 heterocycles. The van der Waals surface area contributed by atoms with Gasteiger partial charge in [-0.3, -0.25) is 0 Å². The summed E-state index contributed by atoms with van der Waals surface area (Å²) in [6, 6.07) is 9.98. The van der Waals surface area contributed by atoms with Crippen LogP contribution >= 0.6 is 0 Å². The molecular weight excluding hydrogens is 346 g/mol. The van der Waals surface area contributed by atoms with Crippen LogP contribution in [0.1, 0.15) is 102 Å². The Morgan fingerprint density at radius 2 is 1.32 bits per heavy atom. The van der Waals surface area contributed by atoms with Gasteiger partial charge in [0.1, 0.15) is 0 Å². The first-order valence-electron chi connectivity index (χ1n) is 11.8. The van der Waals surface area contributed by atoms with Crippen LogP contribution in [0.15, 0.2) is 30.3 Å². The van der Waals surface area contributed by atoms with Crippen LogP contribution in [0.25, 0.3) is 0 Å². The Kier molecular flexibility index (Phi) is 16.3. The predicted molar refractivity (Wildman–Crippen MR) is 120 cm³/mol. The zero-order chi connectivity index (χ0) is 20.3. The molecule has 3 N–H and O–H groups in total. The first-order valence-corrected chi connectivity index (χ1v) is 11.8. The monoisotopic (exact) mass is 391 g/mol. The molecule has 0 radical (unpaired) electrons. The van der Waals surface area contributed by atoms with E-state index in [1.165, 1.54) is 76.2 Å². The predicted octanol–water partition coefficient (Wildman–Crippen LogP) is 6.37. The number of benzene rings is 1. The summed E-state index contributed by atoms with van der Waals surface area (Å²) < 4.78 is 5.67. The van der Waals surface area contributed by atoms with Gasteiger partial charge in [-0.1, -0.05) is 114 Å². The number of nitrogens with two attached hydrogens (primary N) is 1. The van der Waals surface area contributed by atoms with Crippen molar-refractivity contribution in [2.75, 3.05) is 6.61 Å². The third kappa shape index (κ3) is 14.1. The molecular formula is C25H45NO2. The molecule has 28 heavy (non-hydrogen) atoms. The van der Waals surface area contributed by atoms with E-state index in [9.17, 15) is 5.11 Å². The molecule has 0 bridgehead atoms. The van der Waals surface area contributed by atoms with Crippen molar-refractivity contribution in [1.29, 1.82) is 0 Å². The molecule has 0 aromatic heterocycles. The smallest absolute Gasteiger partial charge is 0.0716 e. The van der Waals surface area contributed by atoms with Crippen molar-refractivity contribution in [2.24, 2.45) is 5.73 Å². The van der Waals surface area contributed by atoms with Crippen molar-refractivity contribution in [1.82, 2.24) is 0 Å². The molecule has 0 aliphatic carbocycles. The van der Waals surface area contributed by atoms with Gasteiger partial charge in [-0.2, -0.15) is 0 Å². The molecule has 3 heteroatoms. The second kappa shape index (κ2) is 18.1. The van der Waals surface area contributed by atoms with Gasteiger partial charge in [-0.05, 0) is 18.4 Å². The minimum absolute atomic E-state index is 0.177. The van der Waals surface area contributed by atoms with Crippen molar-refractivity contribution in [3.8, 4) is 0 Å². The normalized spacial score (nSPS) is 13.5. The van der Waals surface area contributed by atoms with E-state index < -0.39 is 6.10 Å². The number of unbranched alkanes of at least 4 members (excludes halogenated alkanes) is 11. The minimum Gasteiger partial charge on any atom is -0.392 e. The minimum atomic E-state index is -0.400. The maximum absolute atomic E-state index is 10.2. The number of hydrogen-bond donors (Lipinski definition) is 2. The number of aliphatic hydroxyl groups excluding tert-OH is 1. The van der Waals surface area contributed by atoms with E-state index in [2.05, 4.69) is 19.1 Å². The number of hydrogen-bond acceptors (Lipinski definition) is 3. The van der Waals surface area contributed by atoms with Crippen molar-refractivity contribution < 1.29 is 9.84 Å². The third-order valence-electron chi connectivity index (χ3n) is 5.55. The molecule has 3 nitrogen and oxygen atoms in total. The number of ether oxygens (including phenoxy) is 1. The SMILES string of the molecule is CCCCCCCCCCCCCC[C@H](O)[C@@H](N)CCOCc1ccccc1. The van der Waals surface area contributed by atoms with Crippen LogP contribution in [0.5, 0.6) is 0 Å². The summed E-state index contributed by atoms with van der Waals surface area (Å²) in [5, 5.41) is 10.2. The highest BCUT2D eigenvalue weighted by molar-refractivity contribution is 5.13. The van der Waals surface area contributed by atoms with Crippen LogP contribution < -0.4 is 5.73 Å². The quantitative estimate of drug-likeness (QED) is 0.269. The molecule has 0 spiro atoms. The maximum Gasteiger partial charge on any atom is 0.0716 e. The van der Waals surface area contributed by atoms with Gasteiger partial charge in [-0.25, -0.2) is 0 Å². The summed E-state index contributed by atoms with van der Waals surface area (Å²) in [5.74, 6) is 0. The van der Waals surface area contributed by atoms with Crippen LogP contribution in [0.3, 0.4) is 0 Å². The second-order valence-electron chi connectivity index (χ2n) is 8.24. The summed E-state index contributed by atoms with van der Waals surface area (Å²) in [6.45, 7) is 3.49. The first-order chi connectivity index (χ1) is 13.7. The zero-order valence-electron chi connectivity index (χ0n) is 18.3. The molecule has 1 aromatic rings. The molecule has 162 valence electrons. The van der Waals surface area contributed by atoms with Crippen molar-refractivity contribution in [2.45, 2.75) is 116 Å². The lowest BCUT2D eigenvalue weighted by Gasteiger charge is -2.18. The highest BCUT2D eigenvalue weighted by Crippen LogP contribution is 2.14. The second-order valence-corrected chi connectivity index (χ2v) is 8.24. The van der Waals surface area contributed by atoms with Crippen LogP contribution in [0.4, 0.5) is 0 Å². The maximum atomic E-state index is 10.2. The van der Waals surface area contributed by atoms with E-state index in [0.29, 0.717) is 19.6 Å². The van der Waals surface area contributed by atoms with Crippen LogP contribution in [-0.2, 0) is 11.3 Å². The van der Waals surface area contributed by atoms with Crippen LogP contribution in [0.2, 0.25) is 0 Å². The van der Waals surface area contributed by atoms with Gasteiger partial charge in [0.05, 0.1) is 12.7 Å². The summed E-state index contributed by atoms with van der Waals surface area (Å²) in [6.07, 6.45) is 17.2. The van der Waals surface area contributed by atoms with E-state index in [1.807, 2.05) is 18.2 Å². The summed E-state index contributed by atoms with van der Waals surface area (Å²) in [7, 11) is 0. The van der Waals surface area contributed by atoms with Gasteiger partial charge in [-0.15, -0.1) is 0 Å². The summed E-state index contributed by atoms with van der Waals surface area (Å²) in [5.41, 5.74) is 7.28. The standard InChI is InChI=1S/C25H45NO2/c1-2-3-4-5-6-7-8-9-10-11-12-16-19-25(27)24(26)20-21-28-22-23-17-14-13-15-18-23/h13-15,17-18,24-25,27H,2-12,16,19-22,26H2,1H3/t24-,25-/m0/s1. The Labute approximate surface area is 174 Å². The van der Waals surface area contributed by atoms with Gasteiger partial charge in [0, 0.05) is 12.6 Å². The topological polar surface area (TPSA) is 55.5 Å². The molecule has 0 fully saturated rings. The molecule has 0 saturated heterocycles. The lowest BCUT2D eigenvalue weighted by atomic mass is 10.0. The fourth-order valence-corrected chi connectivity index (χ4v) is 3.58. The molecule has 0 aliphatic heterocycles. The largest absolute Gasteiger partial charge is 0.392 e. The Hall–Kier alpha value is -0.900. The Bertz CT molecular complexity index is 437. The highest BCUT2D eigenvalue weighted by atomic mass is 16.5. The fraction of sp³-hybridized carbons (Fsp3) is 0.760. The van der Waals surface area contributed by atoms with Crippen molar-refractivity contribution in [3.05, 3.63) is 35.9 Å².